The summed E-state index contributed by atoms with van der Waals surface area (Å²) in [4.78, 5) is 8.36. The van der Waals surface area contributed by atoms with E-state index in [1.165, 1.54) is 6.07 Å². The molecule has 0 radical (unpaired) electrons. The number of guanidine groups is 1. The first-order valence-electron chi connectivity index (χ1n) is 8.88. The fraction of sp³-hybridized carbons (Fsp3) is 0.474. The van der Waals surface area contributed by atoms with Gasteiger partial charge in [-0.05, 0) is 44.4 Å². The van der Waals surface area contributed by atoms with Gasteiger partial charge in [0.15, 0.2) is 5.96 Å². The number of ether oxygens (including phenoxy) is 1. The molecule has 2 aromatic rings. The van der Waals surface area contributed by atoms with Crippen LogP contribution in [0.5, 0.6) is 0 Å². The molecule has 3 rings (SSSR count). The van der Waals surface area contributed by atoms with E-state index in [1.807, 2.05) is 13.0 Å². The Balaban J connectivity index is 0.00000261. The minimum absolute atomic E-state index is 0. The van der Waals surface area contributed by atoms with Gasteiger partial charge < -0.3 is 19.9 Å². The van der Waals surface area contributed by atoms with E-state index in [1.54, 1.807) is 30.1 Å². The van der Waals surface area contributed by atoms with Crippen molar-refractivity contribution in [1.29, 1.82) is 0 Å². The molecule has 1 aliphatic rings. The molecule has 1 aliphatic heterocycles. The number of nitrogens with one attached hydrogen (secondary N) is 2. The summed E-state index contributed by atoms with van der Waals surface area (Å²) in [7, 11) is 1.72. The van der Waals surface area contributed by atoms with Gasteiger partial charge in [-0.25, -0.2) is 9.37 Å². The zero-order valence-corrected chi connectivity index (χ0v) is 18.3. The summed E-state index contributed by atoms with van der Waals surface area (Å²) in [6.07, 6.45) is 5.54. The fourth-order valence-electron chi connectivity index (χ4n) is 3.14. The number of halogens is 2. The van der Waals surface area contributed by atoms with Crippen LogP contribution in [0.15, 0.2) is 35.6 Å². The highest BCUT2D eigenvalue weighted by Crippen LogP contribution is 2.23. The molecule has 27 heavy (non-hydrogen) atoms. The van der Waals surface area contributed by atoms with E-state index in [0.29, 0.717) is 24.7 Å². The van der Waals surface area contributed by atoms with Crippen LogP contribution < -0.4 is 10.6 Å². The van der Waals surface area contributed by atoms with Crippen molar-refractivity contribution in [2.45, 2.75) is 38.8 Å². The maximum atomic E-state index is 14.5. The molecule has 0 spiro atoms. The lowest BCUT2D eigenvalue weighted by molar-refractivity contribution is 0.0243. The first-order chi connectivity index (χ1) is 12.5. The van der Waals surface area contributed by atoms with E-state index in [-0.39, 0.29) is 35.4 Å². The molecule has 8 heteroatoms. The van der Waals surface area contributed by atoms with Crippen LogP contribution in [0, 0.1) is 12.7 Å². The summed E-state index contributed by atoms with van der Waals surface area (Å²) in [6, 6.07) is 5.21. The molecule has 1 saturated heterocycles. The highest BCUT2D eigenvalue weighted by Gasteiger charge is 2.29. The van der Waals surface area contributed by atoms with Gasteiger partial charge in [0, 0.05) is 39.1 Å². The smallest absolute Gasteiger partial charge is 0.191 e. The van der Waals surface area contributed by atoms with Crippen LogP contribution in [0.4, 0.5) is 4.39 Å². The lowest BCUT2D eigenvalue weighted by atomic mass is 10.0. The van der Waals surface area contributed by atoms with Crippen molar-refractivity contribution in [3.63, 3.8) is 0 Å². The standard InChI is InChI=1S/C19H26FN5O.HI/c1-14-22-8-9-25(14)17-6-5-15(11-16(17)20)12-23-18(21-3)24-13-19(2)7-4-10-26-19;/h5-6,8-9,11H,4,7,10,12-13H2,1-3H3,(H2,21,23,24);1H. The maximum absolute atomic E-state index is 14.5. The van der Waals surface area contributed by atoms with E-state index in [2.05, 4.69) is 27.5 Å². The zero-order chi connectivity index (χ0) is 18.6. The number of hydrogen-bond acceptors (Lipinski definition) is 3. The largest absolute Gasteiger partial charge is 0.373 e. The topological polar surface area (TPSA) is 63.5 Å². The number of aryl methyl sites for hydroxylation is 1. The molecular weight excluding hydrogens is 460 g/mol. The lowest BCUT2D eigenvalue weighted by Crippen LogP contribution is -2.45. The van der Waals surface area contributed by atoms with Gasteiger partial charge in [0.2, 0.25) is 0 Å². The predicted octanol–water partition coefficient (Wildman–Crippen LogP) is 3.17. The normalized spacial score (nSPS) is 19.6. The SMILES string of the molecule is CN=C(NCc1ccc(-n2ccnc2C)c(F)c1)NCC1(C)CCCO1.I. The van der Waals surface area contributed by atoms with Crippen LogP contribution in [0.2, 0.25) is 0 Å². The van der Waals surface area contributed by atoms with Crippen LogP contribution in [-0.4, -0.2) is 41.3 Å². The number of aromatic nitrogens is 2. The molecule has 6 nitrogen and oxygen atoms in total. The van der Waals surface area contributed by atoms with Gasteiger partial charge in [0.05, 0.1) is 11.3 Å². The van der Waals surface area contributed by atoms with Gasteiger partial charge in [0.25, 0.3) is 0 Å². The average molecular weight is 487 g/mol. The number of aliphatic imine (C=N–C) groups is 1. The van der Waals surface area contributed by atoms with E-state index in [9.17, 15) is 4.39 Å². The summed E-state index contributed by atoms with van der Waals surface area (Å²) in [6.45, 7) is 5.94. The van der Waals surface area contributed by atoms with E-state index >= 15 is 0 Å². The van der Waals surface area contributed by atoms with Gasteiger partial charge in [-0.3, -0.25) is 4.99 Å². The Morgan fingerprint density at radius 2 is 2.22 bits per heavy atom. The molecule has 1 unspecified atom stereocenters. The van der Waals surface area contributed by atoms with Gasteiger partial charge in [-0.1, -0.05) is 6.07 Å². The predicted molar refractivity (Wildman–Crippen MR) is 115 cm³/mol. The van der Waals surface area contributed by atoms with Gasteiger partial charge in [0.1, 0.15) is 11.6 Å². The monoisotopic (exact) mass is 487 g/mol. The molecule has 1 atom stereocenters. The first kappa shape index (κ1) is 21.6. The molecule has 0 aliphatic carbocycles. The Morgan fingerprint density at radius 1 is 1.41 bits per heavy atom. The van der Waals surface area contributed by atoms with Crippen LogP contribution in [0.25, 0.3) is 5.69 Å². The van der Waals surface area contributed by atoms with Gasteiger partial charge >= 0.3 is 0 Å². The summed E-state index contributed by atoms with van der Waals surface area (Å²) in [5, 5.41) is 6.50. The van der Waals surface area contributed by atoms with Crippen LogP contribution in [0.1, 0.15) is 31.2 Å². The number of nitrogens with zero attached hydrogens (tertiary/aromatic N) is 3. The molecule has 2 heterocycles. The number of benzene rings is 1. The second kappa shape index (κ2) is 9.50. The molecule has 0 saturated carbocycles. The van der Waals surface area contributed by atoms with Crippen LogP contribution in [0.3, 0.4) is 0 Å². The molecule has 0 amide bonds. The molecule has 1 aromatic heterocycles. The van der Waals surface area contributed by atoms with Crippen molar-refractivity contribution in [1.82, 2.24) is 20.2 Å². The second-order valence-corrected chi connectivity index (χ2v) is 6.81. The Hall–Kier alpha value is -1.68. The van der Waals surface area contributed by atoms with Crippen molar-refractivity contribution >= 4 is 29.9 Å². The molecule has 2 N–H and O–H groups in total. The van der Waals surface area contributed by atoms with Crippen molar-refractivity contribution in [3.05, 3.63) is 47.8 Å². The molecule has 148 valence electrons. The maximum Gasteiger partial charge on any atom is 0.191 e. The highest BCUT2D eigenvalue weighted by molar-refractivity contribution is 14.0. The zero-order valence-electron chi connectivity index (χ0n) is 16.0. The molecule has 1 fully saturated rings. The number of imidazole rings is 1. The Labute approximate surface area is 176 Å². The van der Waals surface area contributed by atoms with Crippen molar-refractivity contribution < 1.29 is 9.13 Å². The van der Waals surface area contributed by atoms with E-state index in [4.69, 9.17) is 4.74 Å². The van der Waals surface area contributed by atoms with E-state index < -0.39 is 0 Å². The quantitative estimate of drug-likeness (QED) is 0.387. The molecule has 1 aromatic carbocycles. The van der Waals surface area contributed by atoms with Crippen molar-refractivity contribution in [2.75, 3.05) is 20.2 Å². The summed E-state index contributed by atoms with van der Waals surface area (Å²) < 4.78 is 22.0. The van der Waals surface area contributed by atoms with Crippen LogP contribution in [-0.2, 0) is 11.3 Å². The molecule has 0 bridgehead atoms. The summed E-state index contributed by atoms with van der Waals surface area (Å²) >= 11 is 0. The highest BCUT2D eigenvalue weighted by atomic mass is 127. The van der Waals surface area contributed by atoms with Gasteiger partial charge in [-0.2, -0.15) is 0 Å². The first-order valence-corrected chi connectivity index (χ1v) is 8.88. The minimum Gasteiger partial charge on any atom is -0.373 e. The summed E-state index contributed by atoms with van der Waals surface area (Å²) in [5.74, 6) is 1.15. The van der Waals surface area contributed by atoms with Crippen LogP contribution >= 0.6 is 24.0 Å². The summed E-state index contributed by atoms with van der Waals surface area (Å²) in [5.41, 5.74) is 1.20. The Kier molecular flexibility index (Phi) is 7.60. The third-order valence-corrected chi connectivity index (χ3v) is 4.71. The third kappa shape index (κ3) is 5.41. The third-order valence-electron chi connectivity index (χ3n) is 4.71. The van der Waals surface area contributed by atoms with Gasteiger partial charge in [-0.15, -0.1) is 24.0 Å². The van der Waals surface area contributed by atoms with Crippen molar-refractivity contribution in [3.8, 4) is 5.69 Å². The molecular formula is C19H27FIN5O. The number of rotatable bonds is 5. The fourth-order valence-corrected chi connectivity index (χ4v) is 3.14. The Morgan fingerprint density at radius 3 is 2.81 bits per heavy atom. The lowest BCUT2D eigenvalue weighted by Gasteiger charge is -2.24. The van der Waals surface area contributed by atoms with Crippen molar-refractivity contribution in [2.24, 2.45) is 4.99 Å². The second-order valence-electron chi connectivity index (χ2n) is 6.81. The Bertz CT molecular complexity index is 786. The van der Waals surface area contributed by atoms with E-state index in [0.717, 1.165) is 30.8 Å². The number of hydrogen-bond donors (Lipinski definition) is 2. The minimum atomic E-state index is -0.278. The average Bonchev–Trinajstić information content (AvgIpc) is 3.24.